The van der Waals surface area contributed by atoms with Crippen molar-refractivity contribution < 1.29 is 4.74 Å². The number of rotatable bonds is 4. The summed E-state index contributed by atoms with van der Waals surface area (Å²) in [5.74, 6) is 0. The van der Waals surface area contributed by atoms with Gasteiger partial charge in [0, 0.05) is 19.4 Å². The third kappa shape index (κ3) is 2.27. The second kappa shape index (κ2) is 4.83. The maximum absolute atomic E-state index is 5.04. The molecule has 1 radical (unpaired) electrons. The van der Waals surface area contributed by atoms with Crippen LogP contribution in [-0.2, 0) is 4.74 Å². The van der Waals surface area contributed by atoms with Crippen molar-refractivity contribution in [2.75, 3.05) is 20.3 Å². The Hall–Kier alpha value is -0.960. The smallest absolute Gasteiger partial charge is 0.131 e. The van der Waals surface area contributed by atoms with Crippen LogP contribution in [-0.4, -0.2) is 20.3 Å². The highest BCUT2D eigenvalue weighted by atomic mass is 16.5. The van der Waals surface area contributed by atoms with E-state index in [2.05, 4.69) is 17.6 Å². The number of hydrogen-bond acceptors (Lipinski definition) is 3. The number of nitrogens with one attached hydrogen (secondary N) is 2. The van der Waals surface area contributed by atoms with E-state index < -0.39 is 0 Å². The molecule has 1 heterocycles. The Morgan fingerprint density at radius 3 is 3.08 bits per heavy atom. The van der Waals surface area contributed by atoms with E-state index in [1.807, 2.05) is 18.4 Å². The largest absolute Gasteiger partial charge is 0.387 e. The molecule has 0 atom stereocenters. The lowest BCUT2D eigenvalue weighted by molar-refractivity contribution is 0.206. The molecule has 0 aromatic heterocycles. The molecular weight excluding hydrogens is 152 g/mol. The molecule has 1 aliphatic rings. The van der Waals surface area contributed by atoms with Crippen molar-refractivity contribution in [3.63, 3.8) is 0 Å². The van der Waals surface area contributed by atoms with Gasteiger partial charge in [-0.15, -0.1) is 0 Å². The first-order chi connectivity index (χ1) is 5.88. The molecule has 0 bridgehead atoms. The topological polar surface area (TPSA) is 33.3 Å². The van der Waals surface area contributed by atoms with Crippen LogP contribution >= 0.6 is 0 Å². The van der Waals surface area contributed by atoms with Gasteiger partial charge in [-0.25, -0.2) is 0 Å². The van der Waals surface area contributed by atoms with Gasteiger partial charge in [-0.3, -0.25) is 0 Å². The average Bonchev–Trinajstić information content (AvgIpc) is 2.09. The van der Waals surface area contributed by atoms with Gasteiger partial charge in [-0.2, -0.15) is 0 Å². The van der Waals surface area contributed by atoms with Gasteiger partial charge in [-0.1, -0.05) is 0 Å². The first-order valence-corrected chi connectivity index (χ1v) is 4.11. The zero-order valence-corrected chi connectivity index (χ0v) is 7.55. The monoisotopic (exact) mass is 167 g/mol. The predicted octanol–water partition coefficient (Wildman–Crippen LogP) is 0.775. The minimum Gasteiger partial charge on any atom is -0.387 e. The summed E-state index contributed by atoms with van der Waals surface area (Å²) in [6.07, 6.45) is 5.90. The van der Waals surface area contributed by atoms with E-state index in [0.29, 0.717) is 6.61 Å². The zero-order valence-electron chi connectivity index (χ0n) is 7.55. The van der Waals surface area contributed by atoms with Gasteiger partial charge >= 0.3 is 0 Å². The second-order valence-electron chi connectivity index (χ2n) is 2.53. The lowest BCUT2D eigenvalue weighted by Crippen LogP contribution is -2.31. The van der Waals surface area contributed by atoms with E-state index in [1.165, 1.54) is 0 Å². The minimum absolute atomic E-state index is 0.614. The van der Waals surface area contributed by atoms with E-state index in [1.54, 1.807) is 7.11 Å². The van der Waals surface area contributed by atoms with E-state index in [-0.39, 0.29) is 0 Å². The summed E-state index contributed by atoms with van der Waals surface area (Å²) in [7, 11) is 1.69. The maximum atomic E-state index is 5.04. The highest BCUT2D eigenvalue weighted by molar-refractivity contribution is 5.30. The molecule has 0 aliphatic carbocycles. The van der Waals surface area contributed by atoms with Crippen molar-refractivity contribution in [3.05, 3.63) is 30.1 Å². The summed E-state index contributed by atoms with van der Waals surface area (Å²) in [5.41, 5.74) is 1.11. The first kappa shape index (κ1) is 9.13. The summed E-state index contributed by atoms with van der Waals surface area (Å²) < 4.78 is 5.04. The molecule has 3 nitrogen and oxygen atoms in total. The Kier molecular flexibility index (Phi) is 3.67. The second-order valence-corrected chi connectivity index (χ2v) is 2.53. The molecule has 0 saturated carbocycles. The van der Waals surface area contributed by atoms with Crippen LogP contribution in [0.1, 0.15) is 6.92 Å². The third-order valence-electron chi connectivity index (χ3n) is 1.60. The number of dihydropyridines is 1. The Bertz CT molecular complexity index is 187. The fourth-order valence-electron chi connectivity index (χ4n) is 1.09. The molecule has 3 heteroatoms. The molecule has 0 aromatic carbocycles. The van der Waals surface area contributed by atoms with Gasteiger partial charge in [0.2, 0.25) is 0 Å². The van der Waals surface area contributed by atoms with Crippen LogP contribution in [0, 0.1) is 6.04 Å². The number of ether oxygens (including phenoxy) is 1. The van der Waals surface area contributed by atoms with Crippen LogP contribution < -0.4 is 10.6 Å². The molecule has 1 rings (SSSR count). The fraction of sp³-hybridized carbons (Fsp3) is 0.444. The van der Waals surface area contributed by atoms with Crippen LogP contribution in [0.2, 0.25) is 0 Å². The summed E-state index contributed by atoms with van der Waals surface area (Å²) in [5, 5.41) is 6.38. The van der Waals surface area contributed by atoms with E-state index in [9.17, 15) is 0 Å². The van der Waals surface area contributed by atoms with Gasteiger partial charge in [0.15, 0.2) is 0 Å². The Morgan fingerprint density at radius 1 is 1.58 bits per heavy atom. The maximum Gasteiger partial charge on any atom is 0.131 e. The number of allylic oxidation sites excluding steroid dienone is 2. The number of likely N-dealkylation sites (N-methyl/N-ethyl adjacent to an activating group) is 1. The van der Waals surface area contributed by atoms with Crippen LogP contribution in [0.25, 0.3) is 0 Å². The van der Waals surface area contributed by atoms with Crippen LogP contribution in [0.4, 0.5) is 0 Å². The van der Waals surface area contributed by atoms with Crippen molar-refractivity contribution in [2.45, 2.75) is 6.92 Å². The van der Waals surface area contributed by atoms with Gasteiger partial charge in [0.1, 0.15) is 6.04 Å². The Morgan fingerprint density at radius 2 is 2.42 bits per heavy atom. The summed E-state index contributed by atoms with van der Waals surface area (Å²) in [4.78, 5) is 0. The SMILES string of the molecule is CCNC1=CC=CN[C]1COC. The van der Waals surface area contributed by atoms with Crippen molar-refractivity contribution in [2.24, 2.45) is 0 Å². The number of hydrogen-bond donors (Lipinski definition) is 2. The molecule has 0 unspecified atom stereocenters. The van der Waals surface area contributed by atoms with E-state index in [4.69, 9.17) is 4.74 Å². The van der Waals surface area contributed by atoms with Crippen molar-refractivity contribution in [3.8, 4) is 0 Å². The third-order valence-corrected chi connectivity index (χ3v) is 1.60. The quantitative estimate of drug-likeness (QED) is 0.649. The molecule has 0 amide bonds. The van der Waals surface area contributed by atoms with Crippen molar-refractivity contribution in [1.29, 1.82) is 0 Å². The molecule has 1 aliphatic heterocycles. The van der Waals surface area contributed by atoms with E-state index in [0.717, 1.165) is 18.3 Å². The van der Waals surface area contributed by atoms with Gasteiger partial charge in [0.05, 0.1) is 6.61 Å². The zero-order chi connectivity index (χ0) is 8.81. The predicted molar refractivity (Wildman–Crippen MR) is 49.2 cm³/mol. The highest BCUT2D eigenvalue weighted by Gasteiger charge is 2.14. The van der Waals surface area contributed by atoms with Gasteiger partial charge in [-0.05, 0) is 25.3 Å². The lowest BCUT2D eigenvalue weighted by Gasteiger charge is -2.21. The van der Waals surface area contributed by atoms with E-state index >= 15 is 0 Å². The molecule has 67 valence electrons. The Labute approximate surface area is 73.5 Å². The fourth-order valence-corrected chi connectivity index (χ4v) is 1.09. The molecule has 12 heavy (non-hydrogen) atoms. The van der Waals surface area contributed by atoms with Crippen molar-refractivity contribution in [1.82, 2.24) is 10.6 Å². The summed E-state index contributed by atoms with van der Waals surface area (Å²) >= 11 is 0. The normalized spacial score (nSPS) is 17.0. The highest BCUT2D eigenvalue weighted by Crippen LogP contribution is 2.11. The summed E-state index contributed by atoms with van der Waals surface area (Å²) in [6.45, 7) is 3.61. The molecule has 2 N–H and O–H groups in total. The molecular formula is C9H15N2O. The average molecular weight is 167 g/mol. The standard InChI is InChI=1S/C9H15N2O/c1-3-10-8-5-4-6-11-9(8)7-12-2/h4-6,10-11H,3,7H2,1-2H3. The number of methoxy groups -OCH3 is 1. The van der Waals surface area contributed by atoms with Crippen LogP contribution in [0.15, 0.2) is 24.0 Å². The summed E-state index contributed by atoms with van der Waals surface area (Å²) in [6, 6.07) is 1.09. The Balaban J connectivity index is 2.50. The molecule has 0 aromatic rings. The van der Waals surface area contributed by atoms with Gasteiger partial charge < -0.3 is 15.4 Å². The minimum atomic E-state index is 0.614. The van der Waals surface area contributed by atoms with Crippen LogP contribution in [0.3, 0.4) is 0 Å². The molecule has 0 saturated heterocycles. The van der Waals surface area contributed by atoms with Crippen molar-refractivity contribution >= 4 is 0 Å². The molecule has 0 fully saturated rings. The first-order valence-electron chi connectivity index (χ1n) is 4.11. The van der Waals surface area contributed by atoms with Crippen LogP contribution in [0.5, 0.6) is 0 Å². The molecule has 0 spiro atoms. The lowest BCUT2D eigenvalue weighted by atomic mass is 10.1. The van der Waals surface area contributed by atoms with Gasteiger partial charge in [0.25, 0.3) is 0 Å².